The second-order valence-corrected chi connectivity index (χ2v) is 8.50. The third-order valence-electron chi connectivity index (χ3n) is 4.31. The van der Waals surface area contributed by atoms with Crippen molar-refractivity contribution in [2.45, 2.75) is 37.1 Å². The molecule has 0 atom stereocenters. The lowest BCUT2D eigenvalue weighted by atomic mass is 9.84. The Bertz CT molecular complexity index is 805. The van der Waals surface area contributed by atoms with Crippen molar-refractivity contribution in [2.75, 3.05) is 13.2 Å². The minimum atomic E-state index is -3.77. The molecule has 1 fully saturated rings. The minimum Gasteiger partial charge on any atom is -0.381 e. The van der Waals surface area contributed by atoms with Gasteiger partial charge in [-0.05, 0) is 44.4 Å². The summed E-state index contributed by atoms with van der Waals surface area (Å²) in [6.45, 7) is 4.23. The van der Waals surface area contributed by atoms with E-state index in [9.17, 15) is 8.42 Å². The van der Waals surface area contributed by atoms with Gasteiger partial charge in [-0.25, -0.2) is 13.1 Å². The second-order valence-electron chi connectivity index (χ2n) is 5.96. The maximum atomic E-state index is 13.0. The first kappa shape index (κ1) is 17.6. The highest BCUT2D eigenvalue weighted by Gasteiger charge is 2.40. The molecule has 0 bridgehead atoms. The molecule has 130 valence electrons. The van der Waals surface area contributed by atoms with Crippen LogP contribution in [0.5, 0.6) is 0 Å². The molecule has 2 heterocycles. The van der Waals surface area contributed by atoms with Crippen molar-refractivity contribution in [1.29, 1.82) is 0 Å². The first-order valence-corrected chi connectivity index (χ1v) is 9.92. The average Bonchev–Trinajstić information content (AvgIpc) is 2.88. The summed E-state index contributed by atoms with van der Waals surface area (Å²) in [6.07, 6.45) is 1.13. The Morgan fingerprint density at radius 3 is 2.33 bits per heavy atom. The fourth-order valence-electron chi connectivity index (χ4n) is 3.10. The Hall–Kier alpha value is -1.22. The van der Waals surface area contributed by atoms with E-state index in [0.29, 0.717) is 31.7 Å². The Labute approximate surface area is 149 Å². The van der Waals surface area contributed by atoms with E-state index < -0.39 is 15.6 Å². The third kappa shape index (κ3) is 3.28. The molecule has 1 aromatic carbocycles. The third-order valence-corrected chi connectivity index (χ3v) is 6.62. The van der Waals surface area contributed by atoms with E-state index in [1.807, 2.05) is 24.3 Å². The zero-order valence-electron chi connectivity index (χ0n) is 13.5. The second kappa shape index (κ2) is 6.59. The van der Waals surface area contributed by atoms with Gasteiger partial charge in [-0.3, -0.25) is 0 Å². The van der Waals surface area contributed by atoms with Crippen LogP contribution < -0.4 is 4.72 Å². The van der Waals surface area contributed by atoms with Crippen LogP contribution in [0.25, 0.3) is 0 Å². The molecule has 1 aromatic heterocycles. The highest BCUT2D eigenvalue weighted by molar-refractivity contribution is 9.10. The Morgan fingerprint density at radius 2 is 1.79 bits per heavy atom. The molecule has 1 saturated heterocycles. The number of nitrogens with one attached hydrogen (secondary N) is 1. The highest BCUT2D eigenvalue weighted by atomic mass is 79.9. The number of benzene rings is 1. The van der Waals surface area contributed by atoms with Crippen molar-refractivity contribution in [1.82, 2.24) is 9.88 Å². The zero-order chi connectivity index (χ0) is 17.4. The van der Waals surface area contributed by atoms with Crippen molar-refractivity contribution >= 4 is 26.0 Å². The lowest BCUT2D eigenvalue weighted by molar-refractivity contribution is 0.0459. The van der Waals surface area contributed by atoms with Gasteiger partial charge >= 0.3 is 0 Å². The predicted molar refractivity (Wildman–Crippen MR) is 92.2 cm³/mol. The Morgan fingerprint density at radius 1 is 1.17 bits per heavy atom. The van der Waals surface area contributed by atoms with E-state index in [1.54, 1.807) is 13.8 Å². The van der Waals surface area contributed by atoms with E-state index in [4.69, 9.17) is 9.26 Å². The molecule has 0 spiro atoms. The number of nitrogens with zero attached hydrogens (tertiary/aromatic N) is 1. The van der Waals surface area contributed by atoms with Gasteiger partial charge in [0, 0.05) is 17.7 Å². The summed E-state index contributed by atoms with van der Waals surface area (Å²) >= 11 is 3.42. The largest absolute Gasteiger partial charge is 0.381 e. The maximum absolute atomic E-state index is 13.0. The van der Waals surface area contributed by atoms with E-state index in [-0.39, 0.29) is 10.7 Å². The van der Waals surface area contributed by atoms with E-state index in [0.717, 1.165) is 10.0 Å². The SMILES string of the molecule is Cc1noc(C)c1S(=O)(=O)NC1(c2ccc(Br)cc2)CCOCC1. The average molecular weight is 415 g/mol. The number of aromatic nitrogens is 1. The number of halogens is 1. The van der Waals surface area contributed by atoms with E-state index in [1.165, 1.54) is 0 Å². The van der Waals surface area contributed by atoms with Gasteiger partial charge in [-0.15, -0.1) is 0 Å². The summed E-state index contributed by atoms with van der Waals surface area (Å²) in [4.78, 5) is 0.116. The standard InChI is InChI=1S/C16H19BrN2O4S/c1-11-15(12(2)23-18-11)24(20,21)19-16(7-9-22-10-8-16)13-3-5-14(17)6-4-13/h3-6,19H,7-10H2,1-2H3. The number of sulfonamides is 1. The molecule has 0 aliphatic carbocycles. The van der Waals surface area contributed by atoms with Gasteiger partial charge in [0.15, 0.2) is 5.76 Å². The molecule has 1 aliphatic heterocycles. The number of rotatable bonds is 4. The van der Waals surface area contributed by atoms with Gasteiger partial charge in [-0.2, -0.15) is 0 Å². The van der Waals surface area contributed by atoms with Crippen LogP contribution in [0, 0.1) is 13.8 Å². The van der Waals surface area contributed by atoms with Crippen molar-refractivity contribution in [3.05, 3.63) is 45.8 Å². The van der Waals surface area contributed by atoms with Crippen LogP contribution in [-0.4, -0.2) is 26.8 Å². The molecule has 8 heteroatoms. The van der Waals surface area contributed by atoms with Crippen molar-refractivity contribution in [3.8, 4) is 0 Å². The Kier molecular flexibility index (Phi) is 4.83. The van der Waals surface area contributed by atoms with Crippen LogP contribution in [0.2, 0.25) is 0 Å². The highest BCUT2D eigenvalue weighted by Crippen LogP contribution is 2.35. The summed E-state index contributed by atoms with van der Waals surface area (Å²) in [5.74, 6) is 0.290. The van der Waals surface area contributed by atoms with Crippen LogP contribution in [-0.2, 0) is 20.3 Å². The molecule has 3 rings (SSSR count). The number of ether oxygens (including phenoxy) is 1. The molecule has 0 unspecified atom stereocenters. The minimum absolute atomic E-state index is 0.116. The van der Waals surface area contributed by atoms with Crippen molar-refractivity contribution in [3.63, 3.8) is 0 Å². The zero-order valence-corrected chi connectivity index (χ0v) is 15.9. The van der Waals surface area contributed by atoms with Crippen LogP contribution in [0.3, 0.4) is 0 Å². The van der Waals surface area contributed by atoms with Crippen LogP contribution in [0.1, 0.15) is 29.9 Å². The van der Waals surface area contributed by atoms with Gasteiger partial charge in [0.25, 0.3) is 0 Å². The molecule has 0 amide bonds. The first-order chi connectivity index (χ1) is 11.3. The van der Waals surface area contributed by atoms with Gasteiger partial charge < -0.3 is 9.26 Å². The van der Waals surface area contributed by atoms with E-state index in [2.05, 4.69) is 25.8 Å². The van der Waals surface area contributed by atoms with Gasteiger partial charge in [0.1, 0.15) is 10.6 Å². The van der Waals surface area contributed by atoms with Crippen molar-refractivity contribution < 1.29 is 17.7 Å². The summed E-state index contributed by atoms with van der Waals surface area (Å²) in [6, 6.07) is 7.70. The number of hydrogen-bond acceptors (Lipinski definition) is 5. The summed E-state index contributed by atoms with van der Waals surface area (Å²) in [5, 5.41) is 3.76. The fourth-order valence-corrected chi connectivity index (χ4v) is 5.15. The first-order valence-electron chi connectivity index (χ1n) is 7.65. The molecular weight excluding hydrogens is 396 g/mol. The monoisotopic (exact) mass is 414 g/mol. The molecular formula is C16H19BrN2O4S. The molecule has 24 heavy (non-hydrogen) atoms. The molecule has 2 aromatic rings. The van der Waals surface area contributed by atoms with Crippen molar-refractivity contribution in [2.24, 2.45) is 0 Å². The fraction of sp³-hybridized carbons (Fsp3) is 0.438. The van der Waals surface area contributed by atoms with Gasteiger partial charge in [0.2, 0.25) is 10.0 Å². The quantitative estimate of drug-likeness (QED) is 0.830. The van der Waals surface area contributed by atoms with Crippen LogP contribution in [0.15, 0.2) is 38.2 Å². The van der Waals surface area contributed by atoms with Gasteiger partial charge in [0.05, 0.1) is 5.54 Å². The molecule has 0 radical (unpaired) electrons. The molecule has 1 aliphatic rings. The molecule has 1 N–H and O–H groups in total. The number of hydrogen-bond donors (Lipinski definition) is 1. The van der Waals surface area contributed by atoms with Gasteiger partial charge in [-0.1, -0.05) is 33.2 Å². The maximum Gasteiger partial charge on any atom is 0.246 e. The topological polar surface area (TPSA) is 81.4 Å². The lowest BCUT2D eigenvalue weighted by Crippen LogP contribution is -2.49. The molecule has 6 nitrogen and oxygen atoms in total. The Balaban J connectivity index is 2.03. The predicted octanol–water partition coefficient (Wildman–Crippen LogP) is 3.04. The smallest absolute Gasteiger partial charge is 0.246 e. The molecule has 0 saturated carbocycles. The summed E-state index contributed by atoms with van der Waals surface area (Å²) in [7, 11) is -3.77. The number of aryl methyl sites for hydroxylation is 2. The van der Waals surface area contributed by atoms with E-state index >= 15 is 0 Å². The lowest BCUT2D eigenvalue weighted by Gasteiger charge is -2.38. The summed E-state index contributed by atoms with van der Waals surface area (Å²) in [5.41, 5.74) is 0.579. The normalized spacial score (nSPS) is 17.8. The van der Waals surface area contributed by atoms with Crippen LogP contribution >= 0.6 is 15.9 Å². The summed E-state index contributed by atoms with van der Waals surface area (Å²) < 4.78 is 40.3. The van der Waals surface area contributed by atoms with Crippen LogP contribution in [0.4, 0.5) is 0 Å².